The summed E-state index contributed by atoms with van der Waals surface area (Å²) in [6.45, 7) is 9.34. The molecular formula is C23H24N2O. The molecular weight excluding hydrogens is 320 g/mol. The second-order valence-corrected chi connectivity index (χ2v) is 5.96. The first-order valence-corrected chi connectivity index (χ1v) is 8.88. The molecule has 0 aliphatic carbocycles. The molecule has 0 spiro atoms. The van der Waals surface area contributed by atoms with Gasteiger partial charge in [0.2, 0.25) is 0 Å². The van der Waals surface area contributed by atoms with Crippen molar-refractivity contribution in [3.8, 4) is 17.0 Å². The molecule has 0 radical (unpaired) electrons. The molecule has 0 saturated carbocycles. The van der Waals surface area contributed by atoms with E-state index in [1.807, 2.05) is 56.5 Å². The number of hydrogen-bond acceptors (Lipinski definition) is 2. The van der Waals surface area contributed by atoms with E-state index in [0.29, 0.717) is 6.61 Å². The molecule has 0 saturated heterocycles. The standard InChI is InChI=1S/C23H24N2O/c1-4-7-9-18(5-2)17-25-22(16-20-10-8-15-24-23(20)25)19-11-13-21(14-12-19)26-6-3/h4-5,7-16H,2,6,17H2,1,3H3/b7-4-,18-9+. The molecule has 0 atom stereocenters. The topological polar surface area (TPSA) is 27.1 Å². The average Bonchev–Trinajstić information content (AvgIpc) is 3.04. The third-order valence-corrected chi connectivity index (χ3v) is 4.22. The number of aromatic nitrogens is 2. The first kappa shape index (κ1) is 17.7. The lowest BCUT2D eigenvalue weighted by Gasteiger charge is -2.12. The van der Waals surface area contributed by atoms with E-state index >= 15 is 0 Å². The van der Waals surface area contributed by atoms with Gasteiger partial charge in [0.1, 0.15) is 11.4 Å². The van der Waals surface area contributed by atoms with Gasteiger partial charge < -0.3 is 9.30 Å². The smallest absolute Gasteiger partial charge is 0.140 e. The highest BCUT2D eigenvalue weighted by Gasteiger charge is 2.12. The highest BCUT2D eigenvalue weighted by Crippen LogP contribution is 2.29. The number of rotatable bonds is 7. The van der Waals surface area contributed by atoms with Gasteiger partial charge in [-0.25, -0.2) is 4.98 Å². The monoisotopic (exact) mass is 344 g/mol. The normalized spacial score (nSPS) is 12.0. The molecule has 0 unspecified atom stereocenters. The maximum atomic E-state index is 5.56. The fourth-order valence-corrected chi connectivity index (χ4v) is 2.96. The van der Waals surface area contributed by atoms with Crippen LogP contribution in [-0.4, -0.2) is 16.2 Å². The maximum absolute atomic E-state index is 5.56. The van der Waals surface area contributed by atoms with Crippen LogP contribution in [0.4, 0.5) is 0 Å². The van der Waals surface area contributed by atoms with E-state index < -0.39 is 0 Å². The van der Waals surface area contributed by atoms with Crippen LogP contribution in [0.25, 0.3) is 22.3 Å². The summed E-state index contributed by atoms with van der Waals surface area (Å²) >= 11 is 0. The second-order valence-electron chi connectivity index (χ2n) is 5.96. The SMILES string of the molecule is C=C/C(=C\C=C/C)Cn1c(-c2ccc(OCC)cc2)cc2cccnc21. The zero-order valence-corrected chi connectivity index (χ0v) is 15.4. The number of ether oxygens (including phenoxy) is 1. The molecule has 2 aromatic heterocycles. The fourth-order valence-electron chi connectivity index (χ4n) is 2.96. The molecule has 0 aliphatic heterocycles. The van der Waals surface area contributed by atoms with Gasteiger partial charge in [0.25, 0.3) is 0 Å². The van der Waals surface area contributed by atoms with Crippen molar-refractivity contribution < 1.29 is 4.74 Å². The van der Waals surface area contributed by atoms with Crippen LogP contribution in [0.5, 0.6) is 5.75 Å². The van der Waals surface area contributed by atoms with E-state index in [4.69, 9.17) is 4.74 Å². The summed E-state index contributed by atoms with van der Waals surface area (Å²) in [4.78, 5) is 4.60. The number of allylic oxidation sites excluding steroid dienone is 5. The molecule has 3 aromatic rings. The molecule has 0 fully saturated rings. The number of nitrogens with zero attached hydrogens (tertiary/aromatic N) is 2. The van der Waals surface area contributed by atoms with Crippen LogP contribution in [0.15, 0.2) is 85.1 Å². The van der Waals surface area contributed by atoms with Crippen molar-refractivity contribution in [2.75, 3.05) is 6.61 Å². The van der Waals surface area contributed by atoms with Gasteiger partial charge in [-0.05, 0) is 67.4 Å². The van der Waals surface area contributed by atoms with Crippen LogP contribution in [0.1, 0.15) is 13.8 Å². The Morgan fingerprint density at radius 3 is 2.73 bits per heavy atom. The zero-order chi connectivity index (χ0) is 18.4. The highest BCUT2D eigenvalue weighted by atomic mass is 16.5. The summed E-state index contributed by atoms with van der Waals surface area (Å²) < 4.78 is 7.80. The Hall–Kier alpha value is -3.07. The summed E-state index contributed by atoms with van der Waals surface area (Å²) in [7, 11) is 0. The Kier molecular flexibility index (Phi) is 5.69. The molecule has 132 valence electrons. The highest BCUT2D eigenvalue weighted by molar-refractivity contribution is 5.84. The van der Waals surface area contributed by atoms with Crippen LogP contribution < -0.4 is 4.74 Å². The van der Waals surface area contributed by atoms with Crippen LogP contribution in [0.2, 0.25) is 0 Å². The third kappa shape index (κ3) is 3.77. The Morgan fingerprint density at radius 2 is 2.04 bits per heavy atom. The number of pyridine rings is 1. The van der Waals surface area contributed by atoms with Crippen LogP contribution in [0.3, 0.4) is 0 Å². The third-order valence-electron chi connectivity index (χ3n) is 4.22. The zero-order valence-electron chi connectivity index (χ0n) is 15.4. The number of hydrogen-bond donors (Lipinski definition) is 0. The van der Waals surface area contributed by atoms with Gasteiger partial charge in [-0.15, -0.1) is 0 Å². The minimum Gasteiger partial charge on any atom is -0.494 e. The lowest BCUT2D eigenvalue weighted by Crippen LogP contribution is -2.03. The van der Waals surface area contributed by atoms with E-state index in [0.717, 1.165) is 40.2 Å². The van der Waals surface area contributed by atoms with Gasteiger partial charge >= 0.3 is 0 Å². The molecule has 3 nitrogen and oxygen atoms in total. The van der Waals surface area contributed by atoms with Gasteiger partial charge in [0, 0.05) is 18.1 Å². The summed E-state index contributed by atoms with van der Waals surface area (Å²) in [5.74, 6) is 0.886. The minimum atomic E-state index is 0.669. The van der Waals surface area contributed by atoms with Crippen molar-refractivity contribution in [2.45, 2.75) is 20.4 Å². The van der Waals surface area contributed by atoms with E-state index in [2.05, 4.69) is 46.5 Å². The van der Waals surface area contributed by atoms with E-state index in [-0.39, 0.29) is 0 Å². The van der Waals surface area contributed by atoms with E-state index in [9.17, 15) is 0 Å². The molecule has 0 bridgehead atoms. The van der Waals surface area contributed by atoms with Crippen molar-refractivity contribution in [2.24, 2.45) is 0 Å². The fraction of sp³-hybridized carbons (Fsp3) is 0.174. The van der Waals surface area contributed by atoms with Crippen LogP contribution in [-0.2, 0) is 6.54 Å². The Balaban J connectivity index is 2.08. The first-order chi connectivity index (χ1) is 12.8. The molecule has 0 N–H and O–H groups in total. The molecule has 0 amide bonds. The maximum Gasteiger partial charge on any atom is 0.140 e. The van der Waals surface area contributed by atoms with E-state index in [1.54, 1.807) is 0 Å². The minimum absolute atomic E-state index is 0.669. The Bertz CT molecular complexity index is 946. The molecule has 1 aromatic carbocycles. The lowest BCUT2D eigenvalue weighted by molar-refractivity contribution is 0.340. The Morgan fingerprint density at radius 1 is 1.23 bits per heavy atom. The predicted octanol–water partition coefficient (Wildman–Crippen LogP) is 5.79. The Labute approximate surface area is 155 Å². The van der Waals surface area contributed by atoms with Gasteiger partial charge in [-0.3, -0.25) is 0 Å². The molecule has 3 heteroatoms. The average molecular weight is 344 g/mol. The first-order valence-electron chi connectivity index (χ1n) is 8.88. The molecule has 0 aliphatic rings. The number of fused-ring (bicyclic) bond motifs is 1. The van der Waals surface area contributed by atoms with Crippen molar-refractivity contribution >= 4 is 11.0 Å². The molecule has 2 heterocycles. The molecule has 26 heavy (non-hydrogen) atoms. The van der Waals surface area contributed by atoms with Gasteiger partial charge in [-0.1, -0.05) is 30.9 Å². The second kappa shape index (κ2) is 8.34. The van der Waals surface area contributed by atoms with Crippen LogP contribution >= 0.6 is 0 Å². The summed E-state index contributed by atoms with van der Waals surface area (Å²) in [5.41, 5.74) is 4.39. The van der Waals surface area contributed by atoms with Crippen molar-refractivity contribution in [3.63, 3.8) is 0 Å². The number of benzene rings is 1. The largest absolute Gasteiger partial charge is 0.494 e. The van der Waals surface area contributed by atoms with Crippen LogP contribution in [0, 0.1) is 0 Å². The quantitative estimate of drug-likeness (QED) is 0.507. The van der Waals surface area contributed by atoms with Crippen molar-refractivity contribution in [1.29, 1.82) is 0 Å². The van der Waals surface area contributed by atoms with Gasteiger partial charge in [0.05, 0.1) is 12.3 Å². The van der Waals surface area contributed by atoms with Gasteiger partial charge in [0.15, 0.2) is 0 Å². The molecule has 3 rings (SSSR count). The lowest BCUT2D eigenvalue weighted by atomic mass is 10.1. The van der Waals surface area contributed by atoms with Gasteiger partial charge in [-0.2, -0.15) is 0 Å². The van der Waals surface area contributed by atoms with Crippen molar-refractivity contribution in [1.82, 2.24) is 9.55 Å². The predicted molar refractivity (Wildman–Crippen MR) is 109 cm³/mol. The van der Waals surface area contributed by atoms with Crippen molar-refractivity contribution in [3.05, 3.63) is 85.1 Å². The summed E-state index contributed by atoms with van der Waals surface area (Å²) in [6.07, 6.45) is 9.88. The van der Waals surface area contributed by atoms with E-state index in [1.165, 1.54) is 0 Å². The summed E-state index contributed by atoms with van der Waals surface area (Å²) in [6, 6.07) is 14.5. The summed E-state index contributed by atoms with van der Waals surface area (Å²) in [5, 5.41) is 1.13.